The van der Waals surface area contributed by atoms with Crippen molar-refractivity contribution in [2.24, 2.45) is 0 Å². The molecule has 19 heavy (non-hydrogen) atoms. The van der Waals surface area contributed by atoms with Crippen LogP contribution in [0, 0.1) is 6.92 Å². The van der Waals surface area contributed by atoms with Crippen LogP contribution in [0.2, 0.25) is 10.0 Å². The molecule has 0 saturated carbocycles. The van der Waals surface area contributed by atoms with Gasteiger partial charge >= 0.3 is 0 Å². The number of nitrogens with one attached hydrogen (secondary N) is 1. The van der Waals surface area contributed by atoms with E-state index in [9.17, 15) is 4.79 Å². The van der Waals surface area contributed by atoms with Gasteiger partial charge < -0.3 is 5.32 Å². The second-order valence-electron chi connectivity index (χ2n) is 4.05. The van der Waals surface area contributed by atoms with E-state index >= 15 is 0 Å². The summed E-state index contributed by atoms with van der Waals surface area (Å²) in [7, 11) is 0. The Morgan fingerprint density at radius 3 is 2.47 bits per heavy atom. The van der Waals surface area contributed by atoms with E-state index in [1.54, 1.807) is 36.4 Å². The largest absolute Gasteiger partial charge is 0.322 e. The third kappa shape index (κ3) is 3.50. The molecular formula is C14H10BrCl2NO. The lowest BCUT2D eigenvalue weighted by Gasteiger charge is -2.07. The van der Waals surface area contributed by atoms with Gasteiger partial charge in [0.15, 0.2) is 0 Å². The van der Waals surface area contributed by atoms with Crippen molar-refractivity contribution < 1.29 is 4.79 Å². The van der Waals surface area contributed by atoms with Gasteiger partial charge in [0.1, 0.15) is 0 Å². The smallest absolute Gasteiger partial charge is 0.255 e. The fourth-order valence-corrected chi connectivity index (χ4v) is 2.11. The Kier molecular flexibility index (Phi) is 4.50. The van der Waals surface area contributed by atoms with Gasteiger partial charge in [-0.1, -0.05) is 23.2 Å². The highest BCUT2D eigenvalue weighted by Gasteiger charge is 2.08. The Hall–Kier alpha value is -1.03. The second-order valence-corrected chi connectivity index (χ2v) is 5.72. The third-order valence-corrected chi connectivity index (χ3v) is 4.25. The lowest BCUT2D eigenvalue weighted by molar-refractivity contribution is 0.102. The average Bonchev–Trinajstić information content (AvgIpc) is 2.37. The van der Waals surface area contributed by atoms with E-state index in [-0.39, 0.29) is 5.91 Å². The Bertz CT molecular complexity index is 643. The molecule has 2 rings (SSSR count). The molecule has 5 heteroatoms. The number of rotatable bonds is 2. The zero-order chi connectivity index (χ0) is 14.0. The molecule has 98 valence electrons. The van der Waals surface area contributed by atoms with E-state index < -0.39 is 0 Å². The molecule has 0 aromatic heterocycles. The third-order valence-electron chi connectivity index (χ3n) is 2.60. The molecule has 1 amide bonds. The van der Waals surface area contributed by atoms with E-state index in [1.807, 2.05) is 6.92 Å². The predicted octanol–water partition coefficient (Wildman–Crippen LogP) is 5.32. The molecule has 0 heterocycles. The van der Waals surface area contributed by atoms with E-state index in [4.69, 9.17) is 23.2 Å². The zero-order valence-corrected chi connectivity index (χ0v) is 13.1. The fraction of sp³-hybridized carbons (Fsp3) is 0.0714. The van der Waals surface area contributed by atoms with Gasteiger partial charge in [0, 0.05) is 20.7 Å². The molecule has 0 spiro atoms. The summed E-state index contributed by atoms with van der Waals surface area (Å²) in [5, 5.41) is 3.97. The molecule has 2 nitrogen and oxygen atoms in total. The van der Waals surface area contributed by atoms with Gasteiger partial charge in [-0.3, -0.25) is 4.79 Å². The maximum Gasteiger partial charge on any atom is 0.255 e. The topological polar surface area (TPSA) is 29.1 Å². The van der Waals surface area contributed by atoms with Gasteiger partial charge in [0.25, 0.3) is 5.91 Å². The summed E-state index contributed by atoms with van der Waals surface area (Å²) in [6.45, 7) is 1.86. The SMILES string of the molecule is Cc1cc(C(=O)Nc2ccc(Br)c(Cl)c2)ccc1Cl. The minimum Gasteiger partial charge on any atom is -0.322 e. The van der Waals surface area contributed by atoms with Crippen LogP contribution in [0.1, 0.15) is 15.9 Å². The molecular weight excluding hydrogens is 349 g/mol. The number of carbonyl (C=O) groups is 1. The number of anilines is 1. The summed E-state index contributed by atoms with van der Waals surface area (Å²) >= 11 is 15.2. The van der Waals surface area contributed by atoms with Crippen molar-refractivity contribution in [3.05, 3.63) is 62.0 Å². The number of hydrogen-bond acceptors (Lipinski definition) is 1. The van der Waals surface area contributed by atoms with Crippen molar-refractivity contribution in [3.8, 4) is 0 Å². The van der Waals surface area contributed by atoms with Gasteiger partial charge in [-0.2, -0.15) is 0 Å². The number of benzene rings is 2. The summed E-state index contributed by atoms with van der Waals surface area (Å²) in [6.07, 6.45) is 0. The first-order valence-corrected chi connectivity index (χ1v) is 7.05. The predicted molar refractivity (Wildman–Crippen MR) is 83.3 cm³/mol. The molecule has 0 atom stereocenters. The molecule has 0 bridgehead atoms. The van der Waals surface area contributed by atoms with Gasteiger partial charge in [0.2, 0.25) is 0 Å². The van der Waals surface area contributed by atoms with E-state index in [0.29, 0.717) is 21.3 Å². The van der Waals surface area contributed by atoms with Crippen molar-refractivity contribution in [2.75, 3.05) is 5.32 Å². The van der Waals surface area contributed by atoms with Crippen LogP contribution in [0.4, 0.5) is 5.69 Å². The normalized spacial score (nSPS) is 10.3. The monoisotopic (exact) mass is 357 g/mol. The van der Waals surface area contributed by atoms with Crippen LogP contribution in [0.15, 0.2) is 40.9 Å². The maximum atomic E-state index is 12.1. The minimum atomic E-state index is -0.196. The van der Waals surface area contributed by atoms with Crippen LogP contribution >= 0.6 is 39.1 Å². The van der Waals surface area contributed by atoms with Gasteiger partial charge in [-0.25, -0.2) is 0 Å². The molecule has 1 N–H and O–H groups in total. The minimum absolute atomic E-state index is 0.196. The maximum absolute atomic E-state index is 12.1. The number of hydrogen-bond donors (Lipinski definition) is 1. The van der Waals surface area contributed by atoms with Crippen LogP contribution in [-0.4, -0.2) is 5.91 Å². The number of amides is 1. The van der Waals surface area contributed by atoms with E-state index in [1.165, 1.54) is 0 Å². The molecule has 0 saturated heterocycles. The quantitative estimate of drug-likeness (QED) is 0.773. The molecule has 2 aromatic rings. The molecule has 0 aliphatic heterocycles. The van der Waals surface area contributed by atoms with Crippen molar-refractivity contribution in [1.82, 2.24) is 0 Å². The second kappa shape index (κ2) is 5.95. The molecule has 0 radical (unpaired) electrons. The zero-order valence-electron chi connectivity index (χ0n) is 10.0. The highest BCUT2D eigenvalue weighted by molar-refractivity contribution is 9.10. The molecule has 2 aromatic carbocycles. The summed E-state index contributed by atoms with van der Waals surface area (Å²) in [4.78, 5) is 12.1. The van der Waals surface area contributed by atoms with Crippen LogP contribution < -0.4 is 5.32 Å². The Morgan fingerprint density at radius 2 is 1.84 bits per heavy atom. The van der Waals surface area contributed by atoms with Crippen LogP contribution in [0.25, 0.3) is 0 Å². The van der Waals surface area contributed by atoms with Crippen LogP contribution in [0.5, 0.6) is 0 Å². The summed E-state index contributed by atoms with van der Waals surface area (Å²) in [6, 6.07) is 10.4. The number of aryl methyl sites for hydroxylation is 1. The Labute approximate surface area is 129 Å². The van der Waals surface area contributed by atoms with Crippen molar-refractivity contribution in [1.29, 1.82) is 0 Å². The van der Waals surface area contributed by atoms with Crippen LogP contribution in [0.3, 0.4) is 0 Å². The van der Waals surface area contributed by atoms with Crippen LogP contribution in [-0.2, 0) is 0 Å². The lowest BCUT2D eigenvalue weighted by Crippen LogP contribution is -2.12. The van der Waals surface area contributed by atoms with Gasteiger partial charge in [0.05, 0.1) is 5.02 Å². The highest BCUT2D eigenvalue weighted by atomic mass is 79.9. The summed E-state index contributed by atoms with van der Waals surface area (Å²) in [5.74, 6) is -0.196. The fourth-order valence-electron chi connectivity index (χ4n) is 1.56. The number of halogens is 3. The Balaban J connectivity index is 2.20. The molecule has 0 aliphatic carbocycles. The first-order chi connectivity index (χ1) is 8.97. The summed E-state index contributed by atoms with van der Waals surface area (Å²) < 4.78 is 0.787. The molecule has 0 unspecified atom stereocenters. The highest BCUT2D eigenvalue weighted by Crippen LogP contribution is 2.26. The Morgan fingerprint density at radius 1 is 1.11 bits per heavy atom. The van der Waals surface area contributed by atoms with E-state index in [2.05, 4.69) is 21.2 Å². The number of carbonyl (C=O) groups excluding carboxylic acids is 1. The van der Waals surface area contributed by atoms with Crippen molar-refractivity contribution in [2.45, 2.75) is 6.92 Å². The average molecular weight is 359 g/mol. The van der Waals surface area contributed by atoms with Crippen molar-refractivity contribution in [3.63, 3.8) is 0 Å². The molecule has 0 fully saturated rings. The van der Waals surface area contributed by atoms with E-state index in [0.717, 1.165) is 10.0 Å². The van der Waals surface area contributed by atoms with Gasteiger partial charge in [-0.05, 0) is 64.8 Å². The standard InChI is InChI=1S/C14H10BrCl2NO/c1-8-6-9(2-5-12(8)16)14(19)18-10-3-4-11(15)13(17)7-10/h2-7H,1H3,(H,18,19). The van der Waals surface area contributed by atoms with Crippen molar-refractivity contribution >= 4 is 50.7 Å². The van der Waals surface area contributed by atoms with Gasteiger partial charge in [-0.15, -0.1) is 0 Å². The summed E-state index contributed by atoms with van der Waals surface area (Å²) in [5.41, 5.74) is 2.06. The first kappa shape index (κ1) is 14.4. The molecule has 0 aliphatic rings. The lowest BCUT2D eigenvalue weighted by atomic mass is 10.1. The first-order valence-electron chi connectivity index (χ1n) is 5.50.